The number of pyridine rings is 2. The molecule has 0 aromatic carbocycles. The van der Waals surface area contributed by atoms with Crippen LogP contribution in [0.15, 0.2) is 36.5 Å². The number of aryl methyl sites for hydroxylation is 1. The Hall–Kier alpha value is -2.74. The first-order valence-corrected chi connectivity index (χ1v) is 5.47. The third-order valence-electron chi connectivity index (χ3n) is 2.65. The molecule has 0 radical (unpaired) electrons. The summed E-state index contributed by atoms with van der Waals surface area (Å²) >= 11 is 0. The zero-order chi connectivity index (χ0) is 12.5. The second-order valence-corrected chi connectivity index (χ2v) is 3.95. The summed E-state index contributed by atoms with van der Waals surface area (Å²) in [5.41, 5.74) is 2.93. The molecule has 3 aromatic rings. The third-order valence-corrected chi connectivity index (χ3v) is 2.65. The Balaban J connectivity index is 2.27. The van der Waals surface area contributed by atoms with E-state index in [0.29, 0.717) is 17.0 Å². The molecule has 3 rings (SSSR count). The Morgan fingerprint density at radius 2 is 2.06 bits per heavy atom. The normalized spacial score (nSPS) is 10.4. The van der Waals surface area contributed by atoms with E-state index in [-0.39, 0.29) is 0 Å². The Labute approximate surface area is 103 Å². The zero-order valence-corrected chi connectivity index (χ0v) is 9.70. The van der Waals surface area contributed by atoms with Gasteiger partial charge in [-0.05, 0) is 31.2 Å². The van der Waals surface area contributed by atoms with Crippen molar-refractivity contribution in [3.05, 3.63) is 47.8 Å². The minimum absolute atomic E-state index is 0.566. The monoisotopic (exact) mass is 235 g/mol. The molecular formula is C13H9N5. The van der Waals surface area contributed by atoms with Crippen LogP contribution < -0.4 is 0 Å². The highest BCUT2D eigenvalue weighted by Crippen LogP contribution is 2.16. The average molecular weight is 235 g/mol. The van der Waals surface area contributed by atoms with Crippen LogP contribution in [0.4, 0.5) is 0 Å². The number of nitriles is 1. The molecule has 0 spiro atoms. The quantitative estimate of drug-likeness (QED) is 0.646. The maximum absolute atomic E-state index is 8.92. The molecular weight excluding hydrogens is 226 g/mol. The first-order chi connectivity index (χ1) is 8.78. The molecule has 0 unspecified atom stereocenters. The van der Waals surface area contributed by atoms with Crippen molar-refractivity contribution in [3.63, 3.8) is 0 Å². The lowest BCUT2D eigenvalue weighted by Crippen LogP contribution is -1.93. The highest BCUT2D eigenvalue weighted by Gasteiger charge is 2.09. The van der Waals surface area contributed by atoms with E-state index in [1.54, 1.807) is 22.7 Å². The van der Waals surface area contributed by atoms with Crippen molar-refractivity contribution >= 4 is 5.65 Å². The van der Waals surface area contributed by atoms with Gasteiger partial charge in [-0.25, -0.2) is 4.98 Å². The third kappa shape index (κ3) is 1.60. The van der Waals surface area contributed by atoms with Crippen molar-refractivity contribution in [1.29, 1.82) is 5.26 Å². The SMILES string of the molecule is Cc1cccc(-c2nnc3ccc(C#N)cn23)n1. The molecule has 0 saturated carbocycles. The van der Waals surface area contributed by atoms with E-state index < -0.39 is 0 Å². The Morgan fingerprint density at radius 3 is 2.83 bits per heavy atom. The van der Waals surface area contributed by atoms with E-state index >= 15 is 0 Å². The van der Waals surface area contributed by atoms with Gasteiger partial charge in [-0.3, -0.25) is 4.40 Å². The summed E-state index contributed by atoms with van der Waals surface area (Å²) in [6.07, 6.45) is 1.72. The van der Waals surface area contributed by atoms with Crippen LogP contribution in [0, 0.1) is 18.3 Å². The predicted octanol–water partition coefficient (Wildman–Crippen LogP) is 1.97. The minimum Gasteiger partial charge on any atom is -0.280 e. The van der Waals surface area contributed by atoms with Crippen molar-refractivity contribution < 1.29 is 0 Å². The lowest BCUT2D eigenvalue weighted by molar-refractivity contribution is 1.07. The highest BCUT2D eigenvalue weighted by molar-refractivity contribution is 5.56. The predicted molar refractivity (Wildman–Crippen MR) is 65.7 cm³/mol. The second-order valence-electron chi connectivity index (χ2n) is 3.95. The summed E-state index contributed by atoms with van der Waals surface area (Å²) in [5, 5.41) is 17.1. The smallest absolute Gasteiger partial charge is 0.187 e. The second kappa shape index (κ2) is 3.93. The highest BCUT2D eigenvalue weighted by atomic mass is 15.2. The molecule has 0 amide bonds. The Morgan fingerprint density at radius 1 is 1.17 bits per heavy atom. The van der Waals surface area contributed by atoms with Crippen molar-refractivity contribution in [2.45, 2.75) is 6.92 Å². The van der Waals surface area contributed by atoms with Gasteiger partial charge in [0.1, 0.15) is 11.8 Å². The van der Waals surface area contributed by atoms with Gasteiger partial charge in [-0.15, -0.1) is 10.2 Å². The molecule has 0 bridgehead atoms. The molecule has 0 aliphatic heterocycles. The molecule has 0 aliphatic rings. The summed E-state index contributed by atoms with van der Waals surface area (Å²) < 4.78 is 1.78. The maximum Gasteiger partial charge on any atom is 0.187 e. The van der Waals surface area contributed by atoms with E-state index in [1.165, 1.54) is 0 Å². The first kappa shape index (κ1) is 10.4. The van der Waals surface area contributed by atoms with Gasteiger partial charge in [0.15, 0.2) is 11.5 Å². The Bertz CT molecular complexity index is 766. The number of hydrogen-bond donors (Lipinski definition) is 0. The number of aromatic nitrogens is 4. The van der Waals surface area contributed by atoms with Gasteiger partial charge in [0.05, 0.1) is 5.56 Å². The Kier molecular flexibility index (Phi) is 2.27. The molecule has 5 heteroatoms. The van der Waals surface area contributed by atoms with Crippen LogP contribution in [0.2, 0.25) is 0 Å². The molecule has 3 heterocycles. The van der Waals surface area contributed by atoms with Gasteiger partial charge in [-0.2, -0.15) is 5.26 Å². The number of fused-ring (bicyclic) bond motifs is 1. The molecule has 5 nitrogen and oxygen atoms in total. The van der Waals surface area contributed by atoms with Crippen LogP contribution >= 0.6 is 0 Å². The van der Waals surface area contributed by atoms with Crippen LogP contribution in [-0.4, -0.2) is 19.6 Å². The van der Waals surface area contributed by atoms with Crippen LogP contribution in [0.5, 0.6) is 0 Å². The summed E-state index contributed by atoms with van der Waals surface area (Å²) in [4.78, 5) is 4.42. The summed E-state index contributed by atoms with van der Waals surface area (Å²) in [5.74, 6) is 0.644. The van der Waals surface area contributed by atoms with Gasteiger partial charge >= 0.3 is 0 Å². The lowest BCUT2D eigenvalue weighted by atomic mass is 10.3. The molecule has 0 aliphatic carbocycles. The van der Waals surface area contributed by atoms with Crippen molar-refractivity contribution in [3.8, 4) is 17.6 Å². The van der Waals surface area contributed by atoms with Crippen LogP contribution in [-0.2, 0) is 0 Å². The minimum atomic E-state index is 0.566. The molecule has 0 saturated heterocycles. The molecule has 0 fully saturated rings. The fourth-order valence-corrected chi connectivity index (χ4v) is 1.80. The van der Waals surface area contributed by atoms with Crippen LogP contribution in [0.3, 0.4) is 0 Å². The lowest BCUT2D eigenvalue weighted by Gasteiger charge is -2.00. The van der Waals surface area contributed by atoms with Gasteiger partial charge < -0.3 is 0 Å². The van der Waals surface area contributed by atoms with Gasteiger partial charge in [0.25, 0.3) is 0 Å². The van der Waals surface area contributed by atoms with Gasteiger partial charge in [0.2, 0.25) is 0 Å². The fraction of sp³-hybridized carbons (Fsp3) is 0.0769. The summed E-state index contributed by atoms with van der Waals surface area (Å²) in [6, 6.07) is 11.3. The van der Waals surface area contributed by atoms with E-state index in [1.807, 2.05) is 25.1 Å². The molecule has 3 aromatic heterocycles. The van der Waals surface area contributed by atoms with Gasteiger partial charge in [0, 0.05) is 11.9 Å². The van der Waals surface area contributed by atoms with Crippen molar-refractivity contribution in [2.24, 2.45) is 0 Å². The maximum atomic E-state index is 8.92. The summed E-state index contributed by atoms with van der Waals surface area (Å²) in [7, 11) is 0. The topological polar surface area (TPSA) is 66.9 Å². The van der Waals surface area contributed by atoms with E-state index in [9.17, 15) is 0 Å². The van der Waals surface area contributed by atoms with E-state index in [4.69, 9.17) is 5.26 Å². The molecule has 0 N–H and O–H groups in total. The van der Waals surface area contributed by atoms with E-state index in [2.05, 4.69) is 21.3 Å². The average Bonchev–Trinajstić information content (AvgIpc) is 2.81. The van der Waals surface area contributed by atoms with Gasteiger partial charge in [-0.1, -0.05) is 6.07 Å². The summed E-state index contributed by atoms with van der Waals surface area (Å²) in [6.45, 7) is 1.92. The molecule has 86 valence electrons. The standard InChI is InChI=1S/C13H9N5/c1-9-3-2-4-11(15-9)13-17-16-12-6-5-10(7-14)8-18(12)13/h2-6,8H,1H3. The molecule has 18 heavy (non-hydrogen) atoms. The fourth-order valence-electron chi connectivity index (χ4n) is 1.80. The van der Waals surface area contributed by atoms with Crippen LogP contribution in [0.25, 0.3) is 17.2 Å². The first-order valence-electron chi connectivity index (χ1n) is 5.47. The van der Waals surface area contributed by atoms with Crippen molar-refractivity contribution in [1.82, 2.24) is 19.6 Å². The van der Waals surface area contributed by atoms with Crippen molar-refractivity contribution in [2.75, 3.05) is 0 Å². The largest absolute Gasteiger partial charge is 0.280 e. The van der Waals surface area contributed by atoms with E-state index in [0.717, 1.165) is 11.4 Å². The zero-order valence-electron chi connectivity index (χ0n) is 9.70. The number of hydrogen-bond acceptors (Lipinski definition) is 4. The molecule has 0 atom stereocenters. The number of rotatable bonds is 1. The number of nitrogens with zero attached hydrogens (tertiary/aromatic N) is 5. The van der Waals surface area contributed by atoms with Crippen LogP contribution in [0.1, 0.15) is 11.3 Å².